The van der Waals surface area contributed by atoms with Crippen LogP contribution in [0.4, 0.5) is 22.0 Å². The number of hydrogen-bond acceptors (Lipinski definition) is 2. The van der Waals surface area contributed by atoms with Gasteiger partial charge in [0, 0.05) is 11.3 Å². The smallest absolute Gasteiger partial charge is 0.456 e. The van der Waals surface area contributed by atoms with Gasteiger partial charge in [0.2, 0.25) is 0 Å². The lowest BCUT2D eigenvalue weighted by Crippen LogP contribution is -2.41. The minimum absolute atomic E-state index is 0.0588. The van der Waals surface area contributed by atoms with Crippen LogP contribution in [0.25, 0.3) is 0 Å². The Hall–Kier alpha value is -2.02. The zero-order valence-corrected chi connectivity index (χ0v) is 16.8. The first kappa shape index (κ1) is 23.3. The van der Waals surface area contributed by atoms with Gasteiger partial charge in [0.05, 0.1) is 6.61 Å². The van der Waals surface area contributed by atoms with Crippen LogP contribution >= 0.6 is 11.6 Å². The summed E-state index contributed by atoms with van der Waals surface area (Å²) in [5.74, 6) is -3.71. The Kier molecular flexibility index (Phi) is 7.38. The molecule has 0 bridgehead atoms. The first-order chi connectivity index (χ1) is 13.5. The molecular weight excluding hydrogens is 415 g/mol. The number of alkyl halides is 6. The van der Waals surface area contributed by atoms with E-state index in [0.717, 1.165) is 23.3 Å². The molecule has 0 N–H and O–H groups in total. The van der Waals surface area contributed by atoms with Crippen molar-refractivity contribution in [1.82, 2.24) is 0 Å². The van der Waals surface area contributed by atoms with Crippen molar-refractivity contribution < 1.29 is 31.4 Å². The molecule has 0 saturated heterocycles. The largest absolute Gasteiger partial charge is 0.494 e. The van der Waals surface area contributed by atoms with Crippen molar-refractivity contribution in [2.45, 2.75) is 37.8 Å². The van der Waals surface area contributed by atoms with E-state index in [0.29, 0.717) is 12.5 Å². The molecule has 2 rings (SSSR count). The van der Waals surface area contributed by atoms with Crippen molar-refractivity contribution in [2.75, 3.05) is 19.1 Å². The van der Waals surface area contributed by atoms with Gasteiger partial charge in [0.25, 0.3) is 0 Å². The predicted octanol–water partition coefficient (Wildman–Crippen LogP) is 6.60. The molecule has 0 fully saturated rings. The third-order valence-corrected chi connectivity index (χ3v) is 4.80. The van der Waals surface area contributed by atoms with E-state index in [4.69, 9.17) is 16.3 Å². The molecule has 0 spiro atoms. The first-order valence-electron chi connectivity index (χ1n) is 8.94. The highest BCUT2D eigenvalue weighted by Gasteiger charge is 2.58. The molecule has 0 saturated carbocycles. The van der Waals surface area contributed by atoms with Gasteiger partial charge in [0.1, 0.15) is 11.5 Å². The fourth-order valence-electron chi connectivity index (χ4n) is 2.60. The van der Waals surface area contributed by atoms with Crippen molar-refractivity contribution >= 4 is 11.6 Å². The van der Waals surface area contributed by atoms with E-state index in [1.54, 1.807) is 12.1 Å². The van der Waals surface area contributed by atoms with Crippen molar-refractivity contribution in [1.29, 1.82) is 0 Å². The molecule has 160 valence electrons. The Morgan fingerprint density at radius 3 is 1.62 bits per heavy atom. The molecule has 0 atom stereocenters. The molecule has 0 amide bonds. The van der Waals surface area contributed by atoms with Crippen LogP contribution in [-0.2, 0) is 5.41 Å². The van der Waals surface area contributed by atoms with Gasteiger partial charge in [-0.05, 0) is 41.8 Å². The summed E-state index contributed by atoms with van der Waals surface area (Å²) in [6.07, 6.45) is -4.90. The fourth-order valence-corrected chi connectivity index (χ4v) is 2.71. The molecule has 0 aromatic heterocycles. The summed E-state index contributed by atoms with van der Waals surface area (Å²) in [5.41, 5.74) is 1.41. The van der Waals surface area contributed by atoms with E-state index in [1.165, 1.54) is 12.1 Å². The summed E-state index contributed by atoms with van der Waals surface area (Å²) in [6.45, 7) is 2.72. The minimum Gasteiger partial charge on any atom is -0.494 e. The summed E-state index contributed by atoms with van der Waals surface area (Å²) >= 11 is 5.62. The summed E-state index contributed by atoms with van der Waals surface area (Å²) in [4.78, 5) is 0. The molecule has 2 aromatic carbocycles. The molecule has 29 heavy (non-hydrogen) atoms. The monoisotopic (exact) mass is 436 g/mol. The lowest BCUT2D eigenvalue weighted by molar-refractivity contribution is -0.290. The maximum Gasteiger partial charge on any atom is 0.456 e. The second kappa shape index (κ2) is 9.20. The van der Waals surface area contributed by atoms with Crippen molar-refractivity contribution in [3.05, 3.63) is 59.7 Å². The van der Waals surface area contributed by atoms with Crippen LogP contribution in [0.3, 0.4) is 0 Å². The highest BCUT2D eigenvalue weighted by Crippen LogP contribution is 2.36. The number of benzene rings is 2. The second-order valence-electron chi connectivity index (χ2n) is 7.06. The van der Waals surface area contributed by atoms with Crippen LogP contribution in [0.5, 0.6) is 11.5 Å². The van der Waals surface area contributed by atoms with E-state index in [2.05, 4.69) is 4.74 Å². The molecule has 2 aromatic rings. The first-order valence-corrected chi connectivity index (χ1v) is 9.48. The third kappa shape index (κ3) is 5.98. The lowest BCUT2D eigenvalue weighted by Gasteiger charge is -2.26. The van der Waals surface area contributed by atoms with Gasteiger partial charge in [-0.25, -0.2) is 0 Å². The molecule has 8 heteroatoms. The van der Waals surface area contributed by atoms with Crippen LogP contribution in [-0.4, -0.2) is 31.2 Å². The van der Waals surface area contributed by atoms with Crippen LogP contribution in [0.1, 0.15) is 31.4 Å². The Labute approximate surface area is 171 Å². The second-order valence-corrected chi connectivity index (χ2v) is 7.43. The topological polar surface area (TPSA) is 18.5 Å². The van der Waals surface area contributed by atoms with Crippen LogP contribution in [0, 0.1) is 0 Å². The molecule has 0 radical (unpaired) electrons. The molecule has 0 aliphatic carbocycles. The van der Waals surface area contributed by atoms with Crippen LogP contribution in [0.2, 0.25) is 0 Å². The van der Waals surface area contributed by atoms with Gasteiger partial charge in [-0.15, -0.1) is 11.6 Å². The molecule has 0 aliphatic heterocycles. The molecule has 2 nitrogen and oxygen atoms in total. The van der Waals surface area contributed by atoms with E-state index < -0.39 is 24.1 Å². The van der Waals surface area contributed by atoms with Gasteiger partial charge in [-0.2, -0.15) is 22.0 Å². The zero-order chi connectivity index (χ0) is 21.7. The number of ether oxygens (including phenoxy) is 2. The van der Waals surface area contributed by atoms with Crippen molar-refractivity contribution in [3.8, 4) is 11.5 Å². The highest BCUT2D eigenvalue weighted by molar-refractivity contribution is 6.17. The van der Waals surface area contributed by atoms with Gasteiger partial charge >= 0.3 is 12.1 Å². The maximum absolute atomic E-state index is 13.0. The SMILES string of the molecule is CC(C)(c1ccc(OCCCCl)cc1)c1ccc(OCC(F)(F)C(F)(F)F)cc1. The quantitative estimate of drug-likeness (QED) is 0.250. The number of halogens is 6. The van der Waals surface area contributed by atoms with Gasteiger partial charge in [-0.3, -0.25) is 0 Å². The summed E-state index contributed by atoms with van der Waals surface area (Å²) in [5, 5.41) is 0. The standard InChI is InChI=1S/C21H22ClF5O2/c1-19(2,15-4-8-17(9-5-15)28-13-3-12-22)16-6-10-18(11-7-16)29-14-20(23,24)21(25,26)27/h4-11H,3,12-14H2,1-2H3. The summed E-state index contributed by atoms with van der Waals surface area (Å²) in [7, 11) is 0. The predicted molar refractivity (Wildman–Crippen MR) is 102 cm³/mol. The fraction of sp³-hybridized carbons (Fsp3) is 0.429. The molecule has 0 unspecified atom stereocenters. The number of rotatable bonds is 9. The zero-order valence-electron chi connectivity index (χ0n) is 16.0. The highest BCUT2D eigenvalue weighted by atomic mass is 35.5. The van der Waals surface area contributed by atoms with Crippen LogP contribution < -0.4 is 9.47 Å². The van der Waals surface area contributed by atoms with Gasteiger partial charge in [-0.1, -0.05) is 38.1 Å². The van der Waals surface area contributed by atoms with E-state index in [-0.39, 0.29) is 5.75 Å². The third-order valence-electron chi connectivity index (χ3n) is 4.53. The Morgan fingerprint density at radius 1 is 0.759 bits per heavy atom. The molecule has 0 aliphatic rings. The minimum atomic E-state index is -5.64. The molecular formula is C21H22ClF5O2. The Morgan fingerprint density at radius 2 is 1.21 bits per heavy atom. The van der Waals surface area contributed by atoms with E-state index in [1.807, 2.05) is 38.1 Å². The maximum atomic E-state index is 13.0. The lowest BCUT2D eigenvalue weighted by atomic mass is 9.78. The summed E-state index contributed by atoms with van der Waals surface area (Å²) in [6, 6.07) is 13.6. The number of hydrogen-bond donors (Lipinski definition) is 0. The Balaban J connectivity index is 2.06. The van der Waals surface area contributed by atoms with Gasteiger partial charge in [0.15, 0.2) is 6.61 Å². The van der Waals surface area contributed by atoms with Gasteiger partial charge < -0.3 is 9.47 Å². The molecule has 0 heterocycles. The van der Waals surface area contributed by atoms with E-state index >= 15 is 0 Å². The average molecular weight is 437 g/mol. The van der Waals surface area contributed by atoms with E-state index in [9.17, 15) is 22.0 Å². The van der Waals surface area contributed by atoms with Crippen molar-refractivity contribution in [3.63, 3.8) is 0 Å². The normalized spacial score (nSPS) is 12.7. The van der Waals surface area contributed by atoms with Crippen molar-refractivity contribution in [2.24, 2.45) is 0 Å². The summed E-state index contributed by atoms with van der Waals surface area (Å²) < 4.78 is 72.8. The van der Waals surface area contributed by atoms with Crippen LogP contribution in [0.15, 0.2) is 48.5 Å². The Bertz CT molecular complexity index is 771. The average Bonchev–Trinajstić information content (AvgIpc) is 2.66.